The van der Waals surface area contributed by atoms with Crippen molar-refractivity contribution in [1.82, 2.24) is 30.3 Å². The van der Waals surface area contributed by atoms with Gasteiger partial charge in [0.05, 0.1) is 28.7 Å². The average Bonchev–Trinajstić information content (AvgIpc) is 3.97. The first-order chi connectivity index (χ1) is 26.7. The number of piperidine rings is 1. The van der Waals surface area contributed by atoms with Crippen molar-refractivity contribution in [1.29, 1.82) is 0 Å². The highest BCUT2D eigenvalue weighted by Gasteiger charge is 2.51. The first kappa shape index (κ1) is 42.1. The number of likely N-dealkylation sites (tertiary alicyclic amines) is 2. The SMILES string of the molecule is Cc1ncsc1-c1ccc([C@H](C)NC(=O)[C@@H]2CCCN2C(=O)[C@@H](NC(=O)CCCC2CCCN(C(=O)OC[C@@H]3CC[C@@]4(CO)CC(C)CN34)C2)C(C)(C)C)cc1. The van der Waals surface area contributed by atoms with E-state index in [-0.39, 0.29) is 60.4 Å². The van der Waals surface area contributed by atoms with Gasteiger partial charge < -0.3 is 30.3 Å². The molecule has 56 heavy (non-hydrogen) atoms. The van der Waals surface area contributed by atoms with Gasteiger partial charge in [-0.2, -0.15) is 0 Å². The van der Waals surface area contributed by atoms with E-state index >= 15 is 0 Å². The Morgan fingerprint density at radius 3 is 2.50 bits per heavy atom. The second-order valence-corrected chi connectivity index (χ2v) is 19.0. The fourth-order valence-electron chi connectivity index (χ4n) is 9.66. The molecule has 4 fully saturated rings. The lowest BCUT2D eigenvalue weighted by Crippen LogP contribution is -2.57. The summed E-state index contributed by atoms with van der Waals surface area (Å²) in [6.45, 7) is 15.2. The van der Waals surface area contributed by atoms with Crippen LogP contribution in [0.15, 0.2) is 29.8 Å². The third-order valence-corrected chi connectivity index (χ3v) is 13.7. The normalized spacial score (nSPS) is 26.5. The molecule has 4 aliphatic rings. The zero-order valence-corrected chi connectivity index (χ0v) is 35.2. The lowest BCUT2D eigenvalue weighted by molar-refractivity contribution is -0.144. The molecule has 4 amide bonds. The molecule has 5 heterocycles. The van der Waals surface area contributed by atoms with Crippen LogP contribution in [0.3, 0.4) is 0 Å². The van der Waals surface area contributed by atoms with E-state index in [0.29, 0.717) is 45.0 Å². The zero-order chi connectivity index (χ0) is 40.2. The maximum absolute atomic E-state index is 14.1. The van der Waals surface area contributed by atoms with Crippen LogP contribution in [0.2, 0.25) is 0 Å². The predicted octanol–water partition coefficient (Wildman–Crippen LogP) is 6.07. The Morgan fingerprint density at radius 1 is 1.05 bits per heavy atom. The number of aliphatic hydroxyl groups excluding tert-OH is 1. The Bertz CT molecular complexity index is 1690. The van der Waals surface area contributed by atoms with E-state index in [1.165, 1.54) is 0 Å². The summed E-state index contributed by atoms with van der Waals surface area (Å²) in [4.78, 5) is 65.5. The highest BCUT2D eigenvalue weighted by molar-refractivity contribution is 7.13. The molecule has 0 radical (unpaired) electrons. The quantitative estimate of drug-likeness (QED) is 0.222. The Hall–Kier alpha value is -3.55. The van der Waals surface area contributed by atoms with Gasteiger partial charge in [-0.3, -0.25) is 19.3 Å². The predicted molar refractivity (Wildman–Crippen MR) is 218 cm³/mol. The molecule has 2 unspecified atom stereocenters. The molecular formula is C43H64N6O6S. The minimum absolute atomic E-state index is 0.151. The number of benzene rings is 1. The zero-order valence-electron chi connectivity index (χ0n) is 34.4. The Kier molecular flexibility index (Phi) is 13.5. The summed E-state index contributed by atoms with van der Waals surface area (Å²) in [5, 5.41) is 16.3. The van der Waals surface area contributed by atoms with Gasteiger partial charge in [0.1, 0.15) is 18.7 Å². The van der Waals surface area contributed by atoms with Gasteiger partial charge in [-0.1, -0.05) is 52.0 Å². The number of ether oxygens (including phenoxy) is 1. The molecule has 13 heteroatoms. The van der Waals surface area contributed by atoms with Gasteiger partial charge in [0.15, 0.2) is 0 Å². The molecule has 308 valence electrons. The van der Waals surface area contributed by atoms with E-state index in [9.17, 15) is 24.3 Å². The molecule has 4 saturated heterocycles. The monoisotopic (exact) mass is 792 g/mol. The van der Waals surface area contributed by atoms with E-state index in [1.54, 1.807) is 16.2 Å². The molecule has 2 aromatic rings. The number of thiazole rings is 1. The molecule has 0 aliphatic carbocycles. The summed E-state index contributed by atoms with van der Waals surface area (Å²) in [7, 11) is 0. The van der Waals surface area contributed by atoms with Gasteiger partial charge in [-0.25, -0.2) is 9.78 Å². The number of hydrogen-bond acceptors (Lipinski definition) is 9. The molecule has 1 aromatic carbocycles. The fourth-order valence-corrected chi connectivity index (χ4v) is 10.5. The number of rotatable bonds is 13. The molecule has 0 spiro atoms. The van der Waals surface area contributed by atoms with E-state index in [0.717, 1.165) is 73.2 Å². The number of aryl methyl sites for hydroxylation is 1. The maximum atomic E-state index is 14.1. The highest BCUT2D eigenvalue weighted by atomic mass is 32.1. The highest BCUT2D eigenvalue weighted by Crippen LogP contribution is 2.44. The summed E-state index contributed by atoms with van der Waals surface area (Å²) in [6.07, 6.45) is 7.54. The Labute approximate surface area is 337 Å². The van der Waals surface area contributed by atoms with E-state index in [4.69, 9.17) is 4.74 Å². The number of fused-ring (bicyclic) bond motifs is 1. The number of hydrogen-bond donors (Lipinski definition) is 3. The van der Waals surface area contributed by atoms with Crippen LogP contribution in [0.4, 0.5) is 4.79 Å². The molecule has 0 bridgehead atoms. The van der Waals surface area contributed by atoms with Crippen LogP contribution in [-0.4, -0.2) is 112 Å². The molecule has 3 N–H and O–H groups in total. The summed E-state index contributed by atoms with van der Waals surface area (Å²) >= 11 is 1.61. The summed E-state index contributed by atoms with van der Waals surface area (Å²) < 4.78 is 5.85. The maximum Gasteiger partial charge on any atom is 0.409 e. The molecule has 7 atom stereocenters. The second kappa shape index (κ2) is 17.9. The lowest BCUT2D eigenvalue weighted by Gasteiger charge is -2.36. The van der Waals surface area contributed by atoms with Crippen molar-refractivity contribution in [2.75, 3.05) is 39.4 Å². The fraction of sp³-hybridized carbons (Fsp3) is 0.698. The third kappa shape index (κ3) is 9.58. The molecule has 1 aromatic heterocycles. The van der Waals surface area contributed by atoms with Crippen LogP contribution in [0.1, 0.15) is 116 Å². The van der Waals surface area contributed by atoms with Gasteiger partial charge in [-0.15, -0.1) is 11.3 Å². The summed E-state index contributed by atoms with van der Waals surface area (Å²) in [5.74, 6) is 0.233. The first-order valence-electron chi connectivity index (χ1n) is 20.9. The molecule has 6 rings (SSSR count). The Balaban J connectivity index is 0.953. The van der Waals surface area contributed by atoms with Crippen LogP contribution in [-0.2, 0) is 19.1 Å². The molecular weight excluding hydrogens is 729 g/mol. The topological polar surface area (TPSA) is 144 Å². The number of nitrogens with zero attached hydrogens (tertiary/aromatic N) is 4. The standard InChI is InChI=1S/C43H64N6O6S/c1-28-22-43(26-50)19-18-34(49(43)23-28)25-55-41(54)47-20-8-11-31(24-47)10-7-13-36(51)46-38(42(4,5)6)40(53)48-21-9-12-35(48)39(52)45-29(2)32-14-16-33(17-15-32)37-30(3)44-27-56-37/h14-17,27-29,31,34-35,38,50H,7-13,18-26H2,1-6H3,(H,45,52)(H,46,51)/t28?,29-,31?,34-,35-,38+,43-/m0/s1. The minimum Gasteiger partial charge on any atom is -0.448 e. The van der Waals surface area contributed by atoms with Crippen LogP contribution < -0.4 is 10.6 Å². The third-order valence-electron chi connectivity index (χ3n) is 12.8. The smallest absolute Gasteiger partial charge is 0.409 e. The molecule has 4 aliphatic heterocycles. The lowest BCUT2D eigenvalue weighted by atomic mass is 9.85. The number of carbonyl (C=O) groups excluding carboxylic acids is 4. The van der Waals surface area contributed by atoms with Gasteiger partial charge in [0.2, 0.25) is 17.7 Å². The van der Waals surface area contributed by atoms with Crippen LogP contribution >= 0.6 is 11.3 Å². The first-order valence-corrected chi connectivity index (χ1v) is 21.8. The van der Waals surface area contributed by atoms with E-state index in [2.05, 4.69) is 39.6 Å². The van der Waals surface area contributed by atoms with Crippen molar-refractivity contribution in [2.45, 2.75) is 135 Å². The molecule has 0 saturated carbocycles. The van der Waals surface area contributed by atoms with Gasteiger partial charge in [0, 0.05) is 44.2 Å². The minimum atomic E-state index is -0.769. The number of aromatic nitrogens is 1. The van der Waals surface area contributed by atoms with Gasteiger partial charge in [-0.05, 0) is 100 Å². The van der Waals surface area contributed by atoms with Crippen molar-refractivity contribution in [3.8, 4) is 10.4 Å². The second-order valence-electron chi connectivity index (χ2n) is 18.1. The average molecular weight is 793 g/mol. The van der Waals surface area contributed by atoms with Gasteiger partial charge >= 0.3 is 6.09 Å². The largest absolute Gasteiger partial charge is 0.448 e. The van der Waals surface area contributed by atoms with Crippen molar-refractivity contribution < 1.29 is 29.0 Å². The van der Waals surface area contributed by atoms with Crippen molar-refractivity contribution >= 4 is 35.2 Å². The van der Waals surface area contributed by atoms with Gasteiger partial charge in [0.25, 0.3) is 0 Å². The van der Waals surface area contributed by atoms with Crippen LogP contribution in [0.25, 0.3) is 10.4 Å². The Morgan fingerprint density at radius 2 is 1.80 bits per heavy atom. The van der Waals surface area contributed by atoms with E-state index in [1.807, 2.05) is 57.2 Å². The van der Waals surface area contributed by atoms with E-state index < -0.39 is 17.5 Å². The number of carbonyl (C=O) groups is 4. The number of aliphatic hydroxyl groups is 1. The van der Waals surface area contributed by atoms with Crippen LogP contribution in [0, 0.1) is 24.2 Å². The molecule has 12 nitrogen and oxygen atoms in total. The van der Waals surface area contributed by atoms with Crippen molar-refractivity contribution in [3.05, 3.63) is 41.0 Å². The number of amides is 4. The number of nitrogens with one attached hydrogen (secondary N) is 2. The van der Waals surface area contributed by atoms with Crippen molar-refractivity contribution in [3.63, 3.8) is 0 Å². The van der Waals surface area contributed by atoms with Crippen LogP contribution in [0.5, 0.6) is 0 Å². The van der Waals surface area contributed by atoms with Crippen molar-refractivity contribution in [2.24, 2.45) is 17.3 Å². The summed E-state index contributed by atoms with van der Waals surface area (Å²) in [6, 6.07) is 6.70. The summed E-state index contributed by atoms with van der Waals surface area (Å²) in [5.41, 5.74) is 4.20.